The number of amides is 2. The van der Waals surface area contributed by atoms with Gasteiger partial charge in [-0.1, -0.05) is 0 Å². The largest absolute Gasteiger partial charge is 0.375 e. The Labute approximate surface area is 146 Å². The van der Waals surface area contributed by atoms with E-state index in [-0.39, 0.29) is 24.3 Å². The molecule has 2 saturated heterocycles. The Hall–Kier alpha value is -1.93. The highest BCUT2D eigenvalue weighted by Crippen LogP contribution is 2.39. The topological polar surface area (TPSA) is 99.3 Å². The molecular weight excluding hydrogens is 322 g/mol. The molecule has 1 aromatic heterocycles. The summed E-state index contributed by atoms with van der Waals surface area (Å²) in [6, 6.07) is 0. The lowest BCUT2D eigenvalue weighted by molar-refractivity contribution is -0.135. The van der Waals surface area contributed by atoms with Crippen molar-refractivity contribution in [3.63, 3.8) is 0 Å². The Kier molecular flexibility index (Phi) is 4.24. The number of H-pyrrole nitrogens is 1. The van der Waals surface area contributed by atoms with Gasteiger partial charge in [0.1, 0.15) is 6.61 Å². The van der Waals surface area contributed by atoms with Crippen molar-refractivity contribution in [2.24, 2.45) is 11.3 Å². The number of nitrogens with zero attached hydrogens (tertiary/aromatic N) is 2. The highest BCUT2D eigenvalue weighted by Gasteiger charge is 2.55. The zero-order valence-corrected chi connectivity index (χ0v) is 14.6. The summed E-state index contributed by atoms with van der Waals surface area (Å²) < 4.78 is 4.95. The first-order valence-corrected chi connectivity index (χ1v) is 8.95. The van der Waals surface area contributed by atoms with Gasteiger partial charge in [0.05, 0.1) is 17.7 Å². The third-order valence-corrected chi connectivity index (χ3v) is 5.91. The predicted octanol–water partition coefficient (Wildman–Crippen LogP) is -0.791. The third-order valence-electron chi connectivity index (χ3n) is 5.91. The molecule has 0 bridgehead atoms. The molecule has 0 unspecified atom stereocenters. The van der Waals surface area contributed by atoms with Crippen LogP contribution in [-0.2, 0) is 33.7 Å². The van der Waals surface area contributed by atoms with Gasteiger partial charge in [0.2, 0.25) is 11.8 Å². The van der Waals surface area contributed by atoms with Gasteiger partial charge in [0.15, 0.2) is 0 Å². The summed E-state index contributed by atoms with van der Waals surface area (Å²) >= 11 is 0. The molecule has 3 N–H and O–H groups in total. The molecule has 8 nitrogen and oxygen atoms in total. The number of hydrogen-bond donors (Lipinski definition) is 3. The van der Waals surface area contributed by atoms with Gasteiger partial charge in [0, 0.05) is 44.9 Å². The molecule has 8 heteroatoms. The van der Waals surface area contributed by atoms with Crippen LogP contribution in [0.25, 0.3) is 0 Å². The van der Waals surface area contributed by atoms with Crippen molar-refractivity contribution < 1.29 is 14.3 Å². The van der Waals surface area contributed by atoms with Gasteiger partial charge in [-0.25, -0.2) is 0 Å². The number of carbonyl (C=O) groups excluding carboxylic acids is 2. The lowest BCUT2D eigenvalue weighted by Crippen LogP contribution is -2.47. The SMILES string of the molecule is COCC(=O)N1C[C@H]2CNC[C@@]2(C(=O)NCc2n[nH]c3c2CCC3)C1. The summed E-state index contributed by atoms with van der Waals surface area (Å²) in [7, 11) is 1.52. The number of rotatable bonds is 5. The average Bonchev–Trinajstić information content (AvgIpc) is 3.32. The van der Waals surface area contributed by atoms with Crippen LogP contribution in [0.3, 0.4) is 0 Å². The Morgan fingerprint density at radius 1 is 1.44 bits per heavy atom. The van der Waals surface area contributed by atoms with Crippen LogP contribution in [0, 0.1) is 11.3 Å². The number of hydrogen-bond acceptors (Lipinski definition) is 5. The molecular formula is C17H25N5O3. The molecule has 1 aromatic rings. The fraction of sp³-hybridized carbons (Fsp3) is 0.706. The van der Waals surface area contributed by atoms with Crippen LogP contribution in [0.1, 0.15) is 23.4 Å². The molecule has 0 aromatic carbocycles. The summed E-state index contributed by atoms with van der Waals surface area (Å²) in [5.74, 6) is 0.123. The Balaban J connectivity index is 1.43. The summed E-state index contributed by atoms with van der Waals surface area (Å²) in [6.45, 7) is 2.96. The van der Waals surface area contributed by atoms with E-state index in [1.54, 1.807) is 4.90 Å². The molecule has 2 atom stereocenters. The van der Waals surface area contributed by atoms with Crippen molar-refractivity contribution >= 4 is 11.8 Å². The number of aromatic amines is 1. The summed E-state index contributed by atoms with van der Waals surface area (Å²) in [5, 5.41) is 13.8. The lowest BCUT2D eigenvalue weighted by atomic mass is 9.80. The van der Waals surface area contributed by atoms with Crippen molar-refractivity contribution in [1.29, 1.82) is 0 Å². The van der Waals surface area contributed by atoms with E-state index in [1.807, 2.05) is 0 Å². The molecule has 2 amide bonds. The van der Waals surface area contributed by atoms with Gasteiger partial charge in [0.25, 0.3) is 0 Å². The van der Waals surface area contributed by atoms with E-state index in [0.29, 0.717) is 26.2 Å². The zero-order valence-electron chi connectivity index (χ0n) is 14.6. The first-order valence-electron chi connectivity index (χ1n) is 8.95. The van der Waals surface area contributed by atoms with Crippen LogP contribution < -0.4 is 10.6 Å². The quantitative estimate of drug-likeness (QED) is 0.648. The van der Waals surface area contributed by atoms with E-state index in [4.69, 9.17) is 4.74 Å². The van der Waals surface area contributed by atoms with E-state index in [1.165, 1.54) is 18.4 Å². The minimum absolute atomic E-state index is 0.0185. The van der Waals surface area contributed by atoms with E-state index in [9.17, 15) is 9.59 Å². The van der Waals surface area contributed by atoms with Crippen LogP contribution in [0.2, 0.25) is 0 Å². The zero-order chi connectivity index (χ0) is 17.4. The Morgan fingerprint density at radius 3 is 3.16 bits per heavy atom. The summed E-state index contributed by atoms with van der Waals surface area (Å²) in [6.07, 6.45) is 3.23. The van der Waals surface area contributed by atoms with Gasteiger partial charge in [-0.15, -0.1) is 0 Å². The van der Waals surface area contributed by atoms with Crippen molar-refractivity contribution in [2.45, 2.75) is 25.8 Å². The fourth-order valence-corrected chi connectivity index (χ4v) is 4.52. The van der Waals surface area contributed by atoms with Crippen molar-refractivity contribution in [1.82, 2.24) is 25.7 Å². The molecule has 136 valence electrons. The van der Waals surface area contributed by atoms with Gasteiger partial charge >= 0.3 is 0 Å². The molecule has 3 heterocycles. The van der Waals surface area contributed by atoms with E-state index in [2.05, 4.69) is 20.8 Å². The van der Waals surface area contributed by atoms with Crippen LogP contribution in [-0.4, -0.2) is 66.8 Å². The van der Waals surface area contributed by atoms with Gasteiger partial charge in [-0.05, 0) is 24.8 Å². The number of carbonyl (C=O) groups is 2. The molecule has 2 aliphatic heterocycles. The first-order chi connectivity index (χ1) is 12.1. The van der Waals surface area contributed by atoms with E-state index >= 15 is 0 Å². The van der Waals surface area contributed by atoms with E-state index < -0.39 is 5.41 Å². The minimum Gasteiger partial charge on any atom is -0.375 e. The first kappa shape index (κ1) is 16.5. The second kappa shape index (κ2) is 6.42. The number of fused-ring (bicyclic) bond motifs is 2. The predicted molar refractivity (Wildman–Crippen MR) is 89.7 cm³/mol. The molecule has 0 spiro atoms. The smallest absolute Gasteiger partial charge is 0.248 e. The van der Waals surface area contributed by atoms with Crippen LogP contribution in [0.15, 0.2) is 0 Å². The standard InChI is InChI=1S/C17H25N5O3/c1-25-8-15(23)22-7-11-5-18-9-17(11,10-22)16(24)19-6-14-12-3-2-4-13(12)20-21-14/h11,18H,2-10H2,1H3,(H,19,24)(H,20,21)/t11-,17-/m1/s1. The maximum Gasteiger partial charge on any atom is 0.248 e. The Bertz CT molecular complexity index is 688. The Morgan fingerprint density at radius 2 is 2.32 bits per heavy atom. The number of likely N-dealkylation sites (tertiary alicyclic amines) is 1. The van der Waals surface area contributed by atoms with E-state index in [0.717, 1.165) is 31.5 Å². The molecule has 1 aliphatic carbocycles. The third kappa shape index (κ3) is 2.73. The van der Waals surface area contributed by atoms with Gasteiger partial charge in [-0.2, -0.15) is 5.10 Å². The number of nitrogens with one attached hydrogen (secondary N) is 3. The lowest BCUT2D eigenvalue weighted by Gasteiger charge is -2.26. The molecule has 0 saturated carbocycles. The molecule has 0 radical (unpaired) electrons. The second-order valence-corrected chi connectivity index (χ2v) is 7.35. The summed E-state index contributed by atoms with van der Waals surface area (Å²) in [5.41, 5.74) is 2.88. The second-order valence-electron chi connectivity index (χ2n) is 7.35. The number of aromatic nitrogens is 2. The fourth-order valence-electron chi connectivity index (χ4n) is 4.52. The van der Waals surface area contributed by atoms with Gasteiger partial charge in [-0.3, -0.25) is 14.7 Å². The highest BCUT2D eigenvalue weighted by molar-refractivity contribution is 5.86. The van der Waals surface area contributed by atoms with Crippen LogP contribution >= 0.6 is 0 Å². The minimum atomic E-state index is -0.539. The number of aryl methyl sites for hydroxylation is 1. The maximum absolute atomic E-state index is 13.0. The number of methoxy groups -OCH3 is 1. The molecule has 2 fully saturated rings. The van der Waals surface area contributed by atoms with Crippen LogP contribution in [0.4, 0.5) is 0 Å². The monoisotopic (exact) mass is 347 g/mol. The van der Waals surface area contributed by atoms with Crippen molar-refractivity contribution in [3.05, 3.63) is 17.0 Å². The average molecular weight is 347 g/mol. The van der Waals surface area contributed by atoms with Gasteiger partial charge < -0.3 is 20.3 Å². The normalized spacial score (nSPS) is 27.4. The summed E-state index contributed by atoms with van der Waals surface area (Å²) in [4.78, 5) is 26.9. The van der Waals surface area contributed by atoms with Crippen LogP contribution in [0.5, 0.6) is 0 Å². The molecule has 3 aliphatic rings. The number of ether oxygens (including phenoxy) is 1. The highest BCUT2D eigenvalue weighted by atomic mass is 16.5. The van der Waals surface area contributed by atoms with Crippen molar-refractivity contribution in [2.75, 3.05) is 39.9 Å². The molecule has 4 rings (SSSR count). The van der Waals surface area contributed by atoms with Crippen molar-refractivity contribution in [3.8, 4) is 0 Å². The maximum atomic E-state index is 13.0. The molecule has 25 heavy (non-hydrogen) atoms.